The Bertz CT molecular complexity index is 376. The van der Waals surface area contributed by atoms with Crippen LogP contribution in [0.1, 0.15) is 24.9 Å². The summed E-state index contributed by atoms with van der Waals surface area (Å²) in [4.78, 5) is 0. The Hall–Kier alpha value is -0.680. The van der Waals surface area contributed by atoms with Gasteiger partial charge in [-0.15, -0.1) is 0 Å². The molecule has 0 aliphatic rings. The first-order valence-electron chi connectivity index (χ1n) is 6.44. The van der Waals surface area contributed by atoms with E-state index in [1.54, 1.807) is 19.2 Å². The lowest BCUT2D eigenvalue weighted by molar-refractivity contribution is 0.0581. The van der Waals surface area contributed by atoms with Crippen molar-refractivity contribution >= 4 is 11.6 Å². The van der Waals surface area contributed by atoms with Crippen LogP contribution in [0.3, 0.4) is 0 Å². The molecule has 0 saturated carbocycles. The number of methoxy groups -OCH3 is 1. The molecule has 0 fully saturated rings. The van der Waals surface area contributed by atoms with Crippen molar-refractivity contribution < 1.29 is 13.9 Å². The Morgan fingerprint density at radius 3 is 2.79 bits per heavy atom. The first kappa shape index (κ1) is 16.4. The molecule has 1 aromatic carbocycles. The molecule has 19 heavy (non-hydrogen) atoms. The Kier molecular flexibility index (Phi) is 7.98. The molecule has 1 rings (SSSR count). The van der Waals surface area contributed by atoms with Crippen molar-refractivity contribution in [3.05, 3.63) is 34.6 Å². The monoisotopic (exact) mass is 289 g/mol. The van der Waals surface area contributed by atoms with Crippen molar-refractivity contribution in [2.75, 3.05) is 33.5 Å². The summed E-state index contributed by atoms with van der Waals surface area (Å²) in [6.07, 6.45) is 0.976. The Labute approximate surface area is 119 Å². The van der Waals surface area contributed by atoms with Crippen molar-refractivity contribution in [3.63, 3.8) is 0 Å². The molecular formula is C14H21ClFNO2. The summed E-state index contributed by atoms with van der Waals surface area (Å²) in [5, 5.41) is 3.67. The second kappa shape index (κ2) is 9.26. The second-order valence-corrected chi connectivity index (χ2v) is 4.68. The second-order valence-electron chi connectivity index (χ2n) is 4.24. The van der Waals surface area contributed by atoms with Gasteiger partial charge in [0, 0.05) is 17.7 Å². The Morgan fingerprint density at radius 1 is 1.37 bits per heavy atom. The van der Waals surface area contributed by atoms with E-state index >= 15 is 0 Å². The van der Waals surface area contributed by atoms with E-state index in [1.165, 1.54) is 6.07 Å². The fourth-order valence-corrected chi connectivity index (χ4v) is 1.86. The zero-order valence-electron chi connectivity index (χ0n) is 11.4. The molecule has 0 spiro atoms. The van der Waals surface area contributed by atoms with Gasteiger partial charge in [-0.1, -0.05) is 24.6 Å². The molecule has 1 N–H and O–H groups in total. The fraction of sp³-hybridized carbons (Fsp3) is 0.571. The van der Waals surface area contributed by atoms with Gasteiger partial charge in [-0.05, 0) is 25.1 Å². The van der Waals surface area contributed by atoms with Gasteiger partial charge in [-0.3, -0.25) is 0 Å². The van der Waals surface area contributed by atoms with Gasteiger partial charge in [0.25, 0.3) is 0 Å². The minimum absolute atomic E-state index is 0.172. The highest BCUT2D eigenvalue weighted by Crippen LogP contribution is 2.21. The van der Waals surface area contributed by atoms with Crippen LogP contribution in [0.25, 0.3) is 0 Å². The van der Waals surface area contributed by atoms with Gasteiger partial charge in [0.2, 0.25) is 0 Å². The van der Waals surface area contributed by atoms with Crippen LogP contribution in [0.2, 0.25) is 5.02 Å². The van der Waals surface area contributed by atoms with E-state index in [-0.39, 0.29) is 11.9 Å². The van der Waals surface area contributed by atoms with E-state index in [1.807, 2.05) is 0 Å². The first-order valence-corrected chi connectivity index (χ1v) is 6.81. The standard InChI is InChI=1S/C14H21ClFNO2/c1-3-6-17-14(10-19-8-7-18-2)12-5-4-11(15)9-13(12)16/h4-5,9,14,17H,3,6-8,10H2,1-2H3. The highest BCUT2D eigenvalue weighted by atomic mass is 35.5. The van der Waals surface area contributed by atoms with Gasteiger partial charge in [-0.2, -0.15) is 0 Å². The van der Waals surface area contributed by atoms with Crippen LogP contribution >= 0.6 is 11.6 Å². The fourth-order valence-electron chi connectivity index (χ4n) is 1.70. The predicted molar refractivity (Wildman–Crippen MR) is 75.1 cm³/mol. The molecule has 3 nitrogen and oxygen atoms in total. The van der Waals surface area contributed by atoms with Crippen LogP contribution < -0.4 is 5.32 Å². The maximum Gasteiger partial charge on any atom is 0.129 e. The predicted octanol–water partition coefficient (Wildman–Crippen LogP) is 3.18. The van der Waals surface area contributed by atoms with Gasteiger partial charge in [0.1, 0.15) is 5.82 Å². The van der Waals surface area contributed by atoms with E-state index in [9.17, 15) is 4.39 Å². The molecular weight excluding hydrogens is 269 g/mol. The number of rotatable bonds is 9. The third kappa shape index (κ3) is 5.87. The zero-order valence-corrected chi connectivity index (χ0v) is 12.2. The maximum atomic E-state index is 13.9. The van der Waals surface area contributed by atoms with Gasteiger partial charge < -0.3 is 14.8 Å². The number of nitrogens with one attached hydrogen (secondary N) is 1. The van der Waals surface area contributed by atoms with Gasteiger partial charge in [0.15, 0.2) is 0 Å². The number of benzene rings is 1. The molecule has 108 valence electrons. The highest BCUT2D eigenvalue weighted by Gasteiger charge is 2.15. The van der Waals surface area contributed by atoms with E-state index in [4.69, 9.17) is 21.1 Å². The molecule has 0 saturated heterocycles. The Morgan fingerprint density at radius 2 is 2.16 bits per heavy atom. The van der Waals surface area contributed by atoms with Crippen LogP contribution in [-0.2, 0) is 9.47 Å². The lowest BCUT2D eigenvalue weighted by Gasteiger charge is -2.19. The minimum Gasteiger partial charge on any atom is -0.382 e. The number of hydrogen-bond donors (Lipinski definition) is 1. The average Bonchev–Trinajstić information content (AvgIpc) is 2.39. The van der Waals surface area contributed by atoms with Crippen LogP contribution in [-0.4, -0.2) is 33.5 Å². The minimum atomic E-state index is -0.309. The largest absolute Gasteiger partial charge is 0.382 e. The summed E-state index contributed by atoms with van der Waals surface area (Å²) in [5.74, 6) is -0.309. The van der Waals surface area contributed by atoms with Crippen LogP contribution in [0, 0.1) is 5.82 Å². The smallest absolute Gasteiger partial charge is 0.129 e. The maximum absolute atomic E-state index is 13.9. The van der Waals surface area contributed by atoms with Crippen LogP contribution in [0.5, 0.6) is 0 Å². The molecule has 0 bridgehead atoms. The molecule has 0 heterocycles. The van der Waals surface area contributed by atoms with Crippen LogP contribution in [0.15, 0.2) is 18.2 Å². The van der Waals surface area contributed by atoms with Crippen molar-refractivity contribution in [2.24, 2.45) is 0 Å². The van der Waals surface area contributed by atoms with E-state index in [2.05, 4.69) is 12.2 Å². The third-order valence-electron chi connectivity index (χ3n) is 2.69. The summed E-state index contributed by atoms with van der Waals surface area (Å²) in [6, 6.07) is 4.54. The zero-order chi connectivity index (χ0) is 14.1. The topological polar surface area (TPSA) is 30.5 Å². The molecule has 0 aromatic heterocycles. The summed E-state index contributed by atoms with van der Waals surface area (Å²) >= 11 is 5.76. The normalized spacial score (nSPS) is 12.6. The average molecular weight is 290 g/mol. The van der Waals surface area contributed by atoms with E-state index in [0.717, 1.165) is 13.0 Å². The molecule has 0 amide bonds. The summed E-state index contributed by atoms with van der Waals surface area (Å²) in [5.41, 5.74) is 0.579. The molecule has 1 aromatic rings. The SMILES string of the molecule is CCCNC(COCCOC)c1ccc(Cl)cc1F. The first-order chi connectivity index (χ1) is 9.19. The number of hydrogen-bond acceptors (Lipinski definition) is 3. The molecule has 0 radical (unpaired) electrons. The lowest BCUT2D eigenvalue weighted by Crippen LogP contribution is -2.27. The van der Waals surface area contributed by atoms with Crippen LogP contribution in [0.4, 0.5) is 4.39 Å². The van der Waals surface area contributed by atoms with E-state index in [0.29, 0.717) is 30.4 Å². The summed E-state index contributed by atoms with van der Waals surface area (Å²) < 4.78 is 24.3. The van der Waals surface area contributed by atoms with Crippen molar-refractivity contribution in [1.29, 1.82) is 0 Å². The summed E-state index contributed by atoms with van der Waals surface area (Å²) in [6.45, 7) is 4.30. The molecule has 0 aliphatic heterocycles. The highest BCUT2D eigenvalue weighted by molar-refractivity contribution is 6.30. The van der Waals surface area contributed by atoms with Gasteiger partial charge in [-0.25, -0.2) is 4.39 Å². The van der Waals surface area contributed by atoms with Gasteiger partial charge in [0.05, 0.1) is 25.9 Å². The summed E-state index contributed by atoms with van der Waals surface area (Å²) in [7, 11) is 1.62. The lowest BCUT2D eigenvalue weighted by atomic mass is 10.1. The number of halogens is 2. The molecule has 1 atom stereocenters. The molecule has 0 aliphatic carbocycles. The van der Waals surface area contributed by atoms with Crippen molar-refractivity contribution in [1.82, 2.24) is 5.32 Å². The molecule has 1 unspecified atom stereocenters. The Balaban J connectivity index is 2.66. The third-order valence-corrected chi connectivity index (χ3v) is 2.93. The number of ether oxygens (including phenoxy) is 2. The van der Waals surface area contributed by atoms with E-state index < -0.39 is 0 Å². The quantitative estimate of drug-likeness (QED) is 0.708. The van der Waals surface area contributed by atoms with Gasteiger partial charge >= 0.3 is 0 Å². The molecule has 5 heteroatoms. The van der Waals surface area contributed by atoms with Crippen molar-refractivity contribution in [2.45, 2.75) is 19.4 Å². The van der Waals surface area contributed by atoms with Crippen molar-refractivity contribution in [3.8, 4) is 0 Å².